The predicted molar refractivity (Wildman–Crippen MR) is 108 cm³/mol. The first kappa shape index (κ1) is 16.7. The molecule has 4 rings (SSSR count). The molecule has 0 N–H and O–H groups in total. The Morgan fingerprint density at radius 1 is 1.12 bits per heavy atom. The zero-order valence-electron chi connectivity index (χ0n) is 14.8. The highest BCUT2D eigenvalue weighted by molar-refractivity contribution is 7.81. The lowest BCUT2D eigenvalue weighted by Crippen LogP contribution is -2.55. The van der Waals surface area contributed by atoms with Crippen LogP contribution in [0.3, 0.4) is 0 Å². The van der Waals surface area contributed by atoms with Crippen molar-refractivity contribution in [2.75, 3.05) is 9.80 Å². The third-order valence-electron chi connectivity index (χ3n) is 5.51. The van der Waals surface area contributed by atoms with Crippen LogP contribution in [0.25, 0.3) is 4.85 Å². The molecule has 0 unspecified atom stereocenters. The van der Waals surface area contributed by atoms with Crippen molar-refractivity contribution >= 4 is 40.3 Å². The van der Waals surface area contributed by atoms with Crippen LogP contribution in [0, 0.1) is 20.4 Å². The maximum absolute atomic E-state index is 13.4. The van der Waals surface area contributed by atoms with Crippen LogP contribution >= 0.6 is 12.2 Å². The van der Waals surface area contributed by atoms with Gasteiger partial charge in [0.05, 0.1) is 6.57 Å². The fraction of sp³-hybridized carbons (Fsp3) is 0.286. The second-order valence-corrected chi connectivity index (χ2v) is 7.38. The average molecular weight is 361 g/mol. The first-order valence-corrected chi connectivity index (χ1v) is 9.13. The van der Waals surface area contributed by atoms with Gasteiger partial charge in [-0.1, -0.05) is 24.3 Å². The summed E-state index contributed by atoms with van der Waals surface area (Å²) in [6.45, 7) is 11.2. The van der Waals surface area contributed by atoms with Crippen molar-refractivity contribution in [1.29, 1.82) is 0 Å². The Kier molecular flexibility index (Phi) is 3.82. The number of aryl methyl sites for hydroxylation is 2. The van der Waals surface area contributed by atoms with E-state index in [9.17, 15) is 4.79 Å². The molecule has 2 aromatic carbocycles. The first-order chi connectivity index (χ1) is 12.5. The molecule has 2 fully saturated rings. The monoisotopic (exact) mass is 361 g/mol. The number of carbonyl (C=O) groups excluding carboxylic acids is 1. The number of hydrogen-bond donors (Lipinski definition) is 0. The summed E-state index contributed by atoms with van der Waals surface area (Å²) in [5, 5.41) is 0.527. The minimum atomic E-state index is -0.560. The summed E-state index contributed by atoms with van der Waals surface area (Å²) in [5.41, 5.74) is 3.74. The topological polar surface area (TPSA) is 27.9 Å². The summed E-state index contributed by atoms with van der Waals surface area (Å²) in [6.07, 6.45) is 2.66. The van der Waals surface area contributed by atoms with Crippen molar-refractivity contribution in [3.05, 3.63) is 65.0 Å². The Morgan fingerprint density at radius 3 is 2.42 bits per heavy atom. The minimum absolute atomic E-state index is 0.0481. The lowest BCUT2D eigenvalue weighted by molar-refractivity contribution is -0.123. The molecule has 1 saturated heterocycles. The van der Waals surface area contributed by atoms with Crippen LogP contribution in [0.5, 0.6) is 0 Å². The molecule has 1 amide bonds. The van der Waals surface area contributed by atoms with E-state index < -0.39 is 5.54 Å². The van der Waals surface area contributed by atoms with E-state index in [0.29, 0.717) is 10.8 Å². The normalized spacial score (nSPS) is 18.2. The van der Waals surface area contributed by atoms with Gasteiger partial charge in [-0.25, -0.2) is 4.85 Å². The molecule has 0 aromatic heterocycles. The van der Waals surface area contributed by atoms with Gasteiger partial charge in [0.15, 0.2) is 10.8 Å². The molecule has 1 spiro atoms. The Labute approximate surface area is 158 Å². The number of anilines is 2. The van der Waals surface area contributed by atoms with Gasteiger partial charge in [-0.3, -0.25) is 9.69 Å². The Morgan fingerprint density at radius 2 is 1.85 bits per heavy atom. The second-order valence-electron chi connectivity index (χ2n) is 7.01. The number of rotatable bonds is 2. The van der Waals surface area contributed by atoms with Crippen LogP contribution in [0.2, 0.25) is 0 Å². The highest BCUT2D eigenvalue weighted by Gasteiger charge is 2.59. The van der Waals surface area contributed by atoms with Crippen LogP contribution in [0.4, 0.5) is 17.1 Å². The number of nitrogens with zero attached hydrogens (tertiary/aromatic N) is 3. The Balaban J connectivity index is 1.83. The number of thiocarbonyl (C=S) groups is 1. The van der Waals surface area contributed by atoms with E-state index in [1.807, 2.05) is 50.2 Å². The van der Waals surface area contributed by atoms with Crippen molar-refractivity contribution in [2.24, 2.45) is 0 Å². The van der Waals surface area contributed by atoms with Crippen molar-refractivity contribution in [3.8, 4) is 0 Å². The molecule has 4 nitrogen and oxygen atoms in total. The summed E-state index contributed by atoms with van der Waals surface area (Å²) in [4.78, 5) is 20.6. The number of para-hydroxylation sites is 1. The fourth-order valence-corrected chi connectivity index (χ4v) is 4.36. The van der Waals surface area contributed by atoms with Gasteiger partial charge in [-0.2, -0.15) is 0 Å². The summed E-state index contributed by atoms with van der Waals surface area (Å²) in [5.74, 6) is 0.0481. The molecule has 2 aliphatic rings. The van der Waals surface area contributed by atoms with E-state index in [2.05, 4.69) is 9.74 Å². The third kappa shape index (κ3) is 2.19. The van der Waals surface area contributed by atoms with Crippen molar-refractivity contribution in [1.82, 2.24) is 0 Å². The quantitative estimate of drug-likeness (QED) is 0.562. The maximum Gasteiger partial charge on any atom is 0.259 e. The van der Waals surface area contributed by atoms with E-state index in [4.69, 9.17) is 18.8 Å². The zero-order chi connectivity index (χ0) is 18.5. The van der Waals surface area contributed by atoms with Crippen LogP contribution in [-0.2, 0) is 4.79 Å². The molecule has 0 atom stereocenters. The maximum atomic E-state index is 13.4. The van der Waals surface area contributed by atoms with E-state index in [0.717, 1.165) is 41.8 Å². The zero-order valence-corrected chi connectivity index (χ0v) is 15.6. The van der Waals surface area contributed by atoms with Crippen LogP contribution in [0.1, 0.15) is 30.4 Å². The van der Waals surface area contributed by atoms with Gasteiger partial charge >= 0.3 is 0 Å². The summed E-state index contributed by atoms with van der Waals surface area (Å²) >= 11 is 5.79. The number of amides is 1. The standard InChI is InChI=1S/C21H19N3OS/c1-14-7-4-5-8-18(14)24-20(26)23(19(25)21(24)11-6-12-21)16-9-10-17(22-3)15(2)13-16/h4-5,7-10,13H,6,11-12H2,1-2H3. The predicted octanol–water partition coefficient (Wildman–Crippen LogP) is 4.92. The molecule has 0 radical (unpaired) electrons. The second kappa shape index (κ2) is 5.93. The van der Waals surface area contributed by atoms with Crippen LogP contribution < -0.4 is 9.80 Å². The lowest BCUT2D eigenvalue weighted by atomic mass is 9.75. The summed E-state index contributed by atoms with van der Waals surface area (Å²) in [7, 11) is 0. The smallest absolute Gasteiger partial charge is 0.259 e. The molecule has 1 saturated carbocycles. The van der Waals surface area contributed by atoms with Gasteiger partial charge in [0.25, 0.3) is 5.91 Å². The lowest BCUT2D eigenvalue weighted by Gasteiger charge is -2.43. The van der Waals surface area contributed by atoms with Crippen LogP contribution in [0.15, 0.2) is 42.5 Å². The Bertz CT molecular complexity index is 971. The molecule has 5 heteroatoms. The molecule has 1 heterocycles. The highest BCUT2D eigenvalue weighted by Crippen LogP contribution is 2.48. The Hall–Kier alpha value is -2.71. The van der Waals surface area contributed by atoms with E-state index >= 15 is 0 Å². The highest BCUT2D eigenvalue weighted by atomic mass is 32.1. The van der Waals surface area contributed by atoms with Crippen LogP contribution in [-0.4, -0.2) is 16.6 Å². The number of benzene rings is 2. The molecule has 26 heavy (non-hydrogen) atoms. The van der Waals surface area contributed by atoms with Gasteiger partial charge in [-0.15, -0.1) is 0 Å². The largest absolute Gasteiger partial charge is 0.303 e. The molecule has 130 valence electrons. The van der Waals surface area contributed by atoms with Crippen molar-refractivity contribution < 1.29 is 4.79 Å². The molecule has 1 aliphatic heterocycles. The van der Waals surface area contributed by atoms with Crippen molar-refractivity contribution in [2.45, 2.75) is 38.6 Å². The number of hydrogen-bond acceptors (Lipinski definition) is 2. The van der Waals surface area contributed by atoms with E-state index in [1.54, 1.807) is 11.0 Å². The fourth-order valence-electron chi connectivity index (χ4n) is 3.90. The molecule has 2 aromatic rings. The molecular weight excluding hydrogens is 342 g/mol. The van der Waals surface area contributed by atoms with Gasteiger partial charge in [0, 0.05) is 11.4 Å². The summed E-state index contributed by atoms with van der Waals surface area (Å²) in [6, 6.07) is 13.5. The molecular formula is C21H19N3OS. The molecule has 1 aliphatic carbocycles. The van der Waals surface area contributed by atoms with Gasteiger partial charge in [-0.05, 0) is 74.7 Å². The SMILES string of the molecule is [C-]#[N+]c1ccc(N2C(=O)C3(CCC3)N(c3ccccc3C)C2=S)cc1C. The molecule has 0 bridgehead atoms. The number of carbonyl (C=O) groups is 1. The van der Waals surface area contributed by atoms with Gasteiger partial charge in [0.2, 0.25) is 0 Å². The average Bonchev–Trinajstić information content (AvgIpc) is 2.82. The third-order valence-corrected chi connectivity index (χ3v) is 5.87. The van der Waals surface area contributed by atoms with E-state index in [-0.39, 0.29) is 5.91 Å². The minimum Gasteiger partial charge on any atom is -0.303 e. The van der Waals surface area contributed by atoms with Crippen molar-refractivity contribution in [3.63, 3.8) is 0 Å². The van der Waals surface area contributed by atoms with E-state index in [1.165, 1.54) is 0 Å². The first-order valence-electron chi connectivity index (χ1n) is 8.72. The summed E-state index contributed by atoms with van der Waals surface area (Å²) < 4.78 is 0. The van der Waals surface area contributed by atoms with Gasteiger partial charge in [0.1, 0.15) is 5.54 Å². The van der Waals surface area contributed by atoms with Gasteiger partial charge < -0.3 is 4.90 Å².